The minimum atomic E-state index is -0.868. The fourth-order valence-corrected chi connectivity index (χ4v) is 2.58. The molecule has 1 aliphatic rings. The Kier molecular flexibility index (Phi) is 5.43. The monoisotopic (exact) mass is 368 g/mol. The number of carbonyl (C=O) groups excluding carboxylic acids is 1. The minimum absolute atomic E-state index is 0.220. The van der Waals surface area contributed by atoms with Crippen molar-refractivity contribution in [2.45, 2.75) is 6.42 Å². The maximum absolute atomic E-state index is 12.3. The molecule has 2 rings (SSSR count). The van der Waals surface area contributed by atoms with E-state index >= 15 is 0 Å². The smallest absolute Gasteiger partial charge is 0.321 e. The lowest BCUT2D eigenvalue weighted by Crippen LogP contribution is -2.33. The summed E-state index contributed by atoms with van der Waals surface area (Å²) >= 11 is 3.35. The summed E-state index contributed by atoms with van der Waals surface area (Å²) in [6.45, 7) is 4.57. The largest absolute Gasteiger partial charge is 0.487 e. The zero-order valence-electron chi connectivity index (χ0n) is 11.9. The van der Waals surface area contributed by atoms with Crippen molar-refractivity contribution < 1.29 is 19.4 Å². The number of hydrogen-bond donors (Lipinski definition) is 2. The molecule has 2 N–H and O–H groups in total. The molecule has 0 saturated carbocycles. The van der Waals surface area contributed by atoms with Gasteiger partial charge in [0.25, 0.3) is 0 Å². The van der Waals surface area contributed by atoms with Crippen molar-refractivity contribution >= 4 is 33.6 Å². The maximum Gasteiger partial charge on any atom is 0.321 e. The van der Waals surface area contributed by atoms with Crippen LogP contribution in [0.1, 0.15) is 6.42 Å². The van der Waals surface area contributed by atoms with Gasteiger partial charge >= 0.3 is 12.0 Å². The number of halogens is 1. The van der Waals surface area contributed by atoms with Crippen LogP contribution in [0.4, 0.5) is 10.5 Å². The lowest BCUT2D eigenvalue weighted by Gasteiger charge is -2.18. The van der Waals surface area contributed by atoms with Crippen LogP contribution in [0.3, 0.4) is 0 Å². The van der Waals surface area contributed by atoms with Crippen molar-refractivity contribution in [3.05, 3.63) is 35.3 Å². The van der Waals surface area contributed by atoms with Gasteiger partial charge in [-0.1, -0.05) is 28.6 Å². The molecule has 6 nitrogen and oxygen atoms in total. The van der Waals surface area contributed by atoms with Crippen LogP contribution in [0.2, 0.25) is 0 Å². The number of carbonyl (C=O) groups is 2. The first-order chi connectivity index (χ1) is 10.5. The molecule has 0 aliphatic carbocycles. The number of ether oxygens (including phenoxy) is 1. The van der Waals surface area contributed by atoms with Gasteiger partial charge in [0.05, 0.1) is 11.6 Å². The molecule has 2 amide bonds. The van der Waals surface area contributed by atoms with Crippen LogP contribution < -0.4 is 10.1 Å². The van der Waals surface area contributed by atoms with Gasteiger partial charge in [-0.3, -0.25) is 4.79 Å². The van der Waals surface area contributed by atoms with Gasteiger partial charge in [0.1, 0.15) is 12.4 Å². The van der Waals surface area contributed by atoms with E-state index in [-0.39, 0.29) is 12.6 Å². The van der Waals surface area contributed by atoms with Crippen LogP contribution in [0, 0.1) is 5.92 Å². The molecule has 0 bridgehead atoms. The molecule has 1 unspecified atom stereocenters. The number of aliphatic carboxylic acids is 1. The van der Waals surface area contributed by atoms with E-state index in [0.717, 1.165) is 4.47 Å². The molecular weight excluding hydrogens is 352 g/mol. The molecule has 1 saturated heterocycles. The average Bonchev–Trinajstić information content (AvgIpc) is 2.96. The lowest BCUT2D eigenvalue weighted by atomic mass is 10.1. The predicted octanol–water partition coefficient (Wildman–Crippen LogP) is 2.95. The van der Waals surface area contributed by atoms with E-state index in [0.29, 0.717) is 31.0 Å². The quantitative estimate of drug-likeness (QED) is 0.783. The Bertz CT molecular complexity index is 591. The molecule has 0 spiro atoms. The van der Waals surface area contributed by atoms with Crippen molar-refractivity contribution in [2.24, 2.45) is 5.92 Å². The Morgan fingerprint density at radius 2 is 2.32 bits per heavy atom. The average molecular weight is 369 g/mol. The van der Waals surface area contributed by atoms with E-state index in [4.69, 9.17) is 9.84 Å². The van der Waals surface area contributed by atoms with E-state index in [1.165, 1.54) is 4.90 Å². The summed E-state index contributed by atoms with van der Waals surface area (Å²) in [5.74, 6) is -0.831. The van der Waals surface area contributed by atoms with Gasteiger partial charge in [0.2, 0.25) is 0 Å². The molecule has 22 heavy (non-hydrogen) atoms. The molecule has 0 radical (unpaired) electrons. The number of amides is 2. The standard InChI is InChI=1S/C15H17BrN2O4/c1-2-7-22-13-4-3-11(16)8-12(13)17-15(21)18-6-5-10(9-18)14(19)20/h2-4,8,10H,1,5-7,9H2,(H,17,21)(H,19,20). The fraction of sp³-hybridized carbons (Fsp3) is 0.333. The molecule has 1 fully saturated rings. The highest BCUT2D eigenvalue weighted by Crippen LogP contribution is 2.29. The first kappa shape index (κ1) is 16.4. The van der Waals surface area contributed by atoms with E-state index in [1.54, 1.807) is 18.2 Å². The molecule has 1 aromatic rings. The van der Waals surface area contributed by atoms with E-state index in [2.05, 4.69) is 27.8 Å². The van der Waals surface area contributed by atoms with Crippen molar-refractivity contribution in [3.8, 4) is 5.75 Å². The van der Waals surface area contributed by atoms with Gasteiger partial charge in [0.15, 0.2) is 0 Å². The van der Waals surface area contributed by atoms with Gasteiger partial charge in [-0.15, -0.1) is 0 Å². The first-order valence-electron chi connectivity index (χ1n) is 6.83. The van der Waals surface area contributed by atoms with Gasteiger partial charge in [-0.05, 0) is 24.6 Å². The Balaban J connectivity index is 2.06. The second-order valence-electron chi connectivity index (χ2n) is 4.94. The molecule has 1 atom stereocenters. The van der Waals surface area contributed by atoms with Gasteiger partial charge in [0, 0.05) is 17.6 Å². The molecule has 1 heterocycles. The van der Waals surface area contributed by atoms with Crippen molar-refractivity contribution in [3.63, 3.8) is 0 Å². The van der Waals surface area contributed by atoms with Gasteiger partial charge in [-0.25, -0.2) is 4.79 Å². The normalized spacial score (nSPS) is 17.1. The summed E-state index contributed by atoms with van der Waals surface area (Å²) < 4.78 is 6.30. The summed E-state index contributed by atoms with van der Waals surface area (Å²) in [5, 5.41) is 11.8. The summed E-state index contributed by atoms with van der Waals surface area (Å²) in [7, 11) is 0. The predicted molar refractivity (Wildman–Crippen MR) is 86.2 cm³/mol. The number of nitrogens with one attached hydrogen (secondary N) is 1. The van der Waals surface area contributed by atoms with Gasteiger partial charge < -0.3 is 20.1 Å². The number of hydrogen-bond acceptors (Lipinski definition) is 3. The van der Waals surface area contributed by atoms with Crippen molar-refractivity contribution in [1.29, 1.82) is 0 Å². The number of carboxylic acids is 1. The third kappa shape index (κ3) is 4.00. The second kappa shape index (κ2) is 7.31. The third-order valence-corrected chi connectivity index (χ3v) is 3.86. The van der Waals surface area contributed by atoms with Gasteiger partial charge in [-0.2, -0.15) is 0 Å². The lowest BCUT2D eigenvalue weighted by molar-refractivity contribution is -0.141. The van der Waals surface area contributed by atoms with E-state index in [1.807, 2.05) is 6.07 Å². The number of likely N-dealkylation sites (tertiary alicyclic amines) is 1. The zero-order chi connectivity index (χ0) is 16.1. The number of anilines is 1. The Morgan fingerprint density at radius 3 is 2.95 bits per heavy atom. The topological polar surface area (TPSA) is 78.9 Å². The summed E-state index contributed by atoms with van der Waals surface area (Å²) in [4.78, 5) is 24.7. The Labute approximate surface area is 136 Å². The SMILES string of the molecule is C=CCOc1ccc(Br)cc1NC(=O)N1CCC(C(=O)O)C1. The molecule has 1 aromatic carbocycles. The molecular formula is C15H17BrN2O4. The van der Waals surface area contributed by atoms with E-state index < -0.39 is 11.9 Å². The number of carboxylic acid groups (broad SMARTS) is 1. The number of rotatable bonds is 5. The molecule has 0 aromatic heterocycles. The highest BCUT2D eigenvalue weighted by molar-refractivity contribution is 9.10. The zero-order valence-corrected chi connectivity index (χ0v) is 13.5. The summed E-state index contributed by atoms with van der Waals surface area (Å²) in [6, 6.07) is 4.96. The molecule has 118 valence electrons. The highest BCUT2D eigenvalue weighted by atomic mass is 79.9. The summed E-state index contributed by atoms with van der Waals surface area (Å²) in [6.07, 6.45) is 2.09. The van der Waals surface area contributed by atoms with Crippen LogP contribution in [0.25, 0.3) is 0 Å². The number of nitrogens with zero attached hydrogens (tertiary/aromatic N) is 1. The number of benzene rings is 1. The van der Waals surface area contributed by atoms with Crippen LogP contribution in [-0.2, 0) is 4.79 Å². The fourth-order valence-electron chi connectivity index (χ4n) is 2.22. The number of urea groups is 1. The Morgan fingerprint density at radius 1 is 1.55 bits per heavy atom. The van der Waals surface area contributed by atoms with Crippen LogP contribution in [0.5, 0.6) is 5.75 Å². The third-order valence-electron chi connectivity index (χ3n) is 3.36. The molecule has 1 aliphatic heterocycles. The molecule has 7 heteroatoms. The van der Waals surface area contributed by atoms with Crippen LogP contribution in [0.15, 0.2) is 35.3 Å². The first-order valence-corrected chi connectivity index (χ1v) is 7.62. The highest BCUT2D eigenvalue weighted by Gasteiger charge is 2.31. The van der Waals surface area contributed by atoms with E-state index in [9.17, 15) is 9.59 Å². The Hall–Kier alpha value is -2.02. The second-order valence-corrected chi connectivity index (χ2v) is 5.86. The van der Waals surface area contributed by atoms with Crippen molar-refractivity contribution in [2.75, 3.05) is 25.0 Å². The summed E-state index contributed by atoms with van der Waals surface area (Å²) in [5.41, 5.74) is 0.528. The van der Waals surface area contributed by atoms with Crippen LogP contribution >= 0.6 is 15.9 Å². The van der Waals surface area contributed by atoms with Crippen molar-refractivity contribution in [1.82, 2.24) is 4.90 Å². The maximum atomic E-state index is 12.3. The van der Waals surface area contributed by atoms with Crippen LogP contribution in [-0.4, -0.2) is 41.7 Å². The minimum Gasteiger partial charge on any atom is -0.487 e.